The van der Waals surface area contributed by atoms with Crippen molar-refractivity contribution < 1.29 is 23.4 Å². The summed E-state index contributed by atoms with van der Waals surface area (Å²) in [5.41, 5.74) is 1.20. The minimum atomic E-state index is -1.99. The number of carbonyl (C=O) groups excluding carboxylic acids is 1. The lowest BCUT2D eigenvalue weighted by Gasteiger charge is -2.43. The molecule has 0 N–H and O–H groups in total. The minimum absolute atomic E-state index is 0.0233. The first-order valence-corrected chi connectivity index (χ1v) is 13.7. The van der Waals surface area contributed by atoms with Crippen molar-refractivity contribution in [3.05, 3.63) is 29.8 Å². The highest BCUT2D eigenvalue weighted by Crippen LogP contribution is 2.68. The maximum absolute atomic E-state index is 13.0. The van der Waals surface area contributed by atoms with Gasteiger partial charge in [0.1, 0.15) is 18.1 Å². The molecular formula is C24H34O5Si. The molecule has 1 heterocycles. The lowest BCUT2D eigenvalue weighted by atomic mass is 9.69. The second kappa shape index (κ2) is 6.86. The van der Waals surface area contributed by atoms with Crippen LogP contribution >= 0.6 is 0 Å². The molecule has 1 aromatic rings. The molecule has 5 nitrogen and oxygen atoms in total. The molecule has 3 atom stereocenters. The predicted octanol–water partition coefficient (Wildman–Crippen LogP) is 5.20. The van der Waals surface area contributed by atoms with Crippen LogP contribution in [0.3, 0.4) is 0 Å². The summed E-state index contributed by atoms with van der Waals surface area (Å²) in [6, 6.07) is 5.83. The fraction of sp³-hybridized carbons (Fsp3) is 0.625. The van der Waals surface area contributed by atoms with Crippen LogP contribution in [0.2, 0.25) is 18.1 Å². The summed E-state index contributed by atoms with van der Waals surface area (Å²) in [7, 11) is 1.35. The highest BCUT2D eigenvalue weighted by molar-refractivity contribution is 6.74. The number of ether oxygens (including phenoxy) is 3. The molecule has 1 unspecified atom stereocenters. The average molecular weight is 431 g/mol. The number of cyclic esters (lactones) is 1. The molecule has 0 aromatic heterocycles. The van der Waals surface area contributed by atoms with Crippen molar-refractivity contribution in [1.82, 2.24) is 0 Å². The van der Waals surface area contributed by atoms with E-state index in [0.29, 0.717) is 6.61 Å². The molecule has 6 heteroatoms. The lowest BCUT2D eigenvalue weighted by molar-refractivity contribution is -0.144. The van der Waals surface area contributed by atoms with E-state index in [1.54, 1.807) is 14.2 Å². The fourth-order valence-electron chi connectivity index (χ4n) is 5.25. The van der Waals surface area contributed by atoms with Crippen molar-refractivity contribution in [2.75, 3.05) is 20.8 Å². The Kier molecular flexibility index (Phi) is 4.90. The molecular weight excluding hydrogens is 396 g/mol. The summed E-state index contributed by atoms with van der Waals surface area (Å²) in [4.78, 5) is 13.0. The third-order valence-corrected chi connectivity index (χ3v) is 12.5. The Labute approximate surface area is 180 Å². The third-order valence-electron chi connectivity index (χ3n) is 8.05. The van der Waals surface area contributed by atoms with Gasteiger partial charge in [0.25, 0.3) is 0 Å². The standard InChI is InChI=1S/C24H34O5Si/c1-22(2,3)30(6,7)29-20-10-11-23-13-16(14-24(20,23)15-28-21(23)25)18-12-17(26-4)8-9-19(18)27-5/h8-9,12-13,20H,10-11,14-15H2,1-7H3/t20-,23?,24-/m0/s1. The molecule has 2 aliphatic carbocycles. The number of hydrogen-bond acceptors (Lipinski definition) is 5. The van der Waals surface area contributed by atoms with Gasteiger partial charge >= 0.3 is 5.97 Å². The molecule has 4 rings (SSSR count). The largest absolute Gasteiger partial charge is 0.497 e. The van der Waals surface area contributed by atoms with Crippen molar-refractivity contribution in [2.24, 2.45) is 10.8 Å². The number of allylic oxidation sites excluding steroid dienone is 1. The number of rotatable bonds is 5. The van der Waals surface area contributed by atoms with Crippen LogP contribution in [-0.2, 0) is 14.0 Å². The summed E-state index contributed by atoms with van der Waals surface area (Å²) in [5.74, 6) is 1.48. The van der Waals surface area contributed by atoms with E-state index >= 15 is 0 Å². The molecule has 0 bridgehead atoms. The van der Waals surface area contributed by atoms with Crippen LogP contribution in [0.1, 0.15) is 45.6 Å². The SMILES string of the molecule is COc1ccc(OC)c(C2=CC34CC[C@H](O[Si](C)(C)C(C)(C)C)[C@@]3(COC4=O)C2)c1. The zero-order chi connectivity index (χ0) is 21.9. The van der Waals surface area contributed by atoms with Crippen LogP contribution in [0.15, 0.2) is 24.3 Å². The summed E-state index contributed by atoms with van der Waals surface area (Å²) in [6.07, 6.45) is 4.62. The van der Waals surface area contributed by atoms with E-state index < -0.39 is 13.7 Å². The van der Waals surface area contributed by atoms with Crippen molar-refractivity contribution in [1.29, 1.82) is 0 Å². The molecule has 1 saturated carbocycles. The normalized spacial score (nSPS) is 30.6. The Balaban J connectivity index is 1.75. The lowest BCUT2D eigenvalue weighted by Crippen LogP contribution is -2.50. The monoisotopic (exact) mass is 430 g/mol. The first-order chi connectivity index (χ1) is 14.0. The van der Waals surface area contributed by atoms with E-state index in [-0.39, 0.29) is 22.5 Å². The van der Waals surface area contributed by atoms with Crippen LogP contribution in [0.4, 0.5) is 0 Å². The van der Waals surface area contributed by atoms with Crippen molar-refractivity contribution in [3.63, 3.8) is 0 Å². The van der Waals surface area contributed by atoms with Gasteiger partial charge in [0.05, 0.1) is 31.2 Å². The third kappa shape index (κ3) is 2.87. The van der Waals surface area contributed by atoms with Crippen molar-refractivity contribution in [3.8, 4) is 11.5 Å². The number of hydrogen-bond donors (Lipinski definition) is 0. The van der Waals surface area contributed by atoms with Crippen molar-refractivity contribution in [2.45, 2.75) is 64.3 Å². The number of benzene rings is 1. The maximum Gasteiger partial charge on any atom is 0.316 e. The van der Waals surface area contributed by atoms with E-state index in [1.807, 2.05) is 18.2 Å². The van der Waals surface area contributed by atoms with Gasteiger partial charge in [-0.25, -0.2) is 0 Å². The van der Waals surface area contributed by atoms with Crippen LogP contribution in [-0.4, -0.2) is 41.2 Å². The Morgan fingerprint density at radius 3 is 2.53 bits per heavy atom. The van der Waals surface area contributed by atoms with E-state index in [4.69, 9.17) is 18.6 Å². The molecule has 2 fully saturated rings. The van der Waals surface area contributed by atoms with E-state index in [1.165, 1.54) is 0 Å². The summed E-state index contributed by atoms with van der Waals surface area (Å²) in [5, 5.41) is 0.114. The van der Waals surface area contributed by atoms with Gasteiger partial charge in [0.15, 0.2) is 8.32 Å². The smallest absolute Gasteiger partial charge is 0.316 e. The molecule has 30 heavy (non-hydrogen) atoms. The summed E-state index contributed by atoms with van der Waals surface area (Å²) < 4.78 is 23.7. The van der Waals surface area contributed by atoms with E-state index in [2.05, 4.69) is 39.9 Å². The Hall–Kier alpha value is -1.79. The average Bonchev–Trinajstić information content (AvgIpc) is 3.26. The molecule has 3 aliphatic rings. The van der Waals surface area contributed by atoms with E-state index in [9.17, 15) is 4.79 Å². The first kappa shape index (κ1) is 21.4. The molecule has 1 aliphatic heterocycles. The van der Waals surface area contributed by atoms with Gasteiger partial charge in [-0.3, -0.25) is 4.79 Å². The quantitative estimate of drug-likeness (QED) is 0.474. The molecule has 1 aromatic carbocycles. The maximum atomic E-state index is 13.0. The van der Waals surface area contributed by atoms with Gasteiger partial charge in [0.2, 0.25) is 0 Å². The molecule has 164 valence electrons. The second-order valence-electron chi connectivity index (χ2n) is 10.5. The predicted molar refractivity (Wildman–Crippen MR) is 119 cm³/mol. The Bertz CT molecular complexity index is 899. The molecule has 1 saturated heterocycles. The van der Waals surface area contributed by atoms with Gasteiger partial charge in [-0.1, -0.05) is 26.8 Å². The van der Waals surface area contributed by atoms with Gasteiger partial charge < -0.3 is 18.6 Å². The van der Waals surface area contributed by atoms with E-state index in [0.717, 1.165) is 41.9 Å². The minimum Gasteiger partial charge on any atom is -0.497 e. The van der Waals surface area contributed by atoms with Gasteiger partial charge in [-0.15, -0.1) is 0 Å². The van der Waals surface area contributed by atoms with Crippen LogP contribution in [0.5, 0.6) is 11.5 Å². The van der Waals surface area contributed by atoms with Crippen LogP contribution in [0.25, 0.3) is 5.57 Å². The highest BCUT2D eigenvalue weighted by Gasteiger charge is 2.72. The topological polar surface area (TPSA) is 54.0 Å². The Morgan fingerprint density at radius 2 is 1.90 bits per heavy atom. The van der Waals surface area contributed by atoms with Gasteiger partial charge in [0, 0.05) is 5.56 Å². The van der Waals surface area contributed by atoms with Gasteiger partial charge in [-0.05, 0) is 61.2 Å². The first-order valence-electron chi connectivity index (χ1n) is 10.8. The summed E-state index contributed by atoms with van der Waals surface area (Å²) in [6.45, 7) is 11.8. The molecule has 0 amide bonds. The van der Waals surface area contributed by atoms with Crippen LogP contribution < -0.4 is 9.47 Å². The van der Waals surface area contributed by atoms with Crippen molar-refractivity contribution >= 4 is 19.9 Å². The van der Waals surface area contributed by atoms with Gasteiger partial charge in [-0.2, -0.15) is 0 Å². The zero-order valence-corrected chi connectivity index (χ0v) is 20.3. The highest BCUT2D eigenvalue weighted by atomic mass is 28.4. The number of methoxy groups -OCH3 is 2. The molecule has 0 radical (unpaired) electrons. The Morgan fingerprint density at radius 1 is 1.17 bits per heavy atom. The second-order valence-corrected chi connectivity index (χ2v) is 15.3. The fourth-order valence-corrected chi connectivity index (χ4v) is 6.66. The van der Waals surface area contributed by atoms with Crippen LogP contribution in [0, 0.1) is 10.8 Å². The summed E-state index contributed by atoms with van der Waals surface area (Å²) >= 11 is 0. The zero-order valence-electron chi connectivity index (χ0n) is 19.3. The molecule has 0 spiro atoms. The number of esters is 1. The number of carbonyl (C=O) groups is 1.